The Balaban J connectivity index is 1.30. The molecule has 200 valence electrons. The fourth-order valence-electron chi connectivity index (χ4n) is 5.16. The third kappa shape index (κ3) is 5.89. The number of hydrogen-bond acceptors (Lipinski definition) is 6. The zero-order chi connectivity index (χ0) is 26.5. The van der Waals surface area contributed by atoms with Crippen molar-refractivity contribution in [3.05, 3.63) is 70.8 Å². The summed E-state index contributed by atoms with van der Waals surface area (Å²) >= 11 is 0. The second-order valence-corrected chi connectivity index (χ2v) is 9.68. The van der Waals surface area contributed by atoms with Crippen LogP contribution in [0.2, 0.25) is 0 Å². The van der Waals surface area contributed by atoms with Crippen molar-refractivity contribution in [2.45, 2.75) is 45.6 Å². The van der Waals surface area contributed by atoms with Crippen molar-refractivity contribution in [2.24, 2.45) is 0 Å². The topological polar surface area (TPSA) is 83.5 Å². The fraction of sp³-hybridized carbons (Fsp3) is 0.387. The van der Waals surface area contributed by atoms with Crippen LogP contribution < -0.4 is 18.9 Å². The molecule has 0 bridgehead atoms. The van der Waals surface area contributed by atoms with Gasteiger partial charge in [0.05, 0.1) is 19.8 Å². The summed E-state index contributed by atoms with van der Waals surface area (Å²) in [4.78, 5) is 10.9. The van der Waals surface area contributed by atoms with Crippen molar-refractivity contribution < 1.29 is 33.6 Å². The Kier molecular flexibility index (Phi) is 8.03. The van der Waals surface area contributed by atoms with E-state index in [9.17, 15) is 4.79 Å². The van der Waals surface area contributed by atoms with Gasteiger partial charge in [-0.25, -0.2) is 0 Å². The van der Waals surface area contributed by atoms with E-state index in [1.165, 1.54) is 11.1 Å². The predicted octanol–water partition coefficient (Wildman–Crippen LogP) is 5.93. The first-order valence-electron chi connectivity index (χ1n) is 13.2. The van der Waals surface area contributed by atoms with Crippen molar-refractivity contribution in [3.8, 4) is 34.1 Å². The fourth-order valence-corrected chi connectivity index (χ4v) is 5.16. The molecule has 3 aromatic carbocycles. The van der Waals surface area contributed by atoms with Gasteiger partial charge in [-0.1, -0.05) is 12.1 Å². The van der Waals surface area contributed by atoms with Gasteiger partial charge >= 0.3 is 5.97 Å². The zero-order valence-electron chi connectivity index (χ0n) is 22.0. The van der Waals surface area contributed by atoms with E-state index in [4.69, 9.17) is 28.8 Å². The molecule has 3 aromatic rings. The Bertz CT molecular complexity index is 1300. The number of rotatable bonds is 11. The first-order chi connectivity index (χ1) is 18.5. The molecule has 38 heavy (non-hydrogen) atoms. The summed E-state index contributed by atoms with van der Waals surface area (Å²) in [6.45, 7) is 7.39. The molecule has 2 heterocycles. The van der Waals surface area contributed by atoms with Crippen LogP contribution in [0.4, 0.5) is 0 Å². The Morgan fingerprint density at radius 1 is 1.00 bits per heavy atom. The summed E-state index contributed by atoms with van der Waals surface area (Å²) in [6, 6.07) is 16.2. The van der Waals surface area contributed by atoms with E-state index in [0.29, 0.717) is 46.1 Å². The second-order valence-electron chi connectivity index (χ2n) is 9.68. The normalized spacial score (nSPS) is 15.4. The number of fused-ring (bicyclic) bond motifs is 4. The van der Waals surface area contributed by atoms with Gasteiger partial charge in [0.15, 0.2) is 0 Å². The Morgan fingerprint density at radius 3 is 2.74 bits per heavy atom. The number of aryl methyl sites for hydroxylation is 1. The largest absolute Gasteiger partial charge is 0.493 e. The van der Waals surface area contributed by atoms with Crippen LogP contribution in [0.1, 0.15) is 47.9 Å². The lowest BCUT2D eigenvalue weighted by Gasteiger charge is -2.16. The standard InChI is InChI=1S/C31H34O7/c1-3-34-12-13-35-25-14-20(2)31-22(16-25)10-11-36-28-8-4-21(15-27(28)31)18-37-24-6-7-26-23(5-9-30(32)33)19-38-29(26)17-24/h4,6-8,14-17,23H,3,5,9-13,18-19H2,1-2H3,(H,32,33)/t23-/m1/s1. The summed E-state index contributed by atoms with van der Waals surface area (Å²) in [6.07, 6.45) is 1.52. The minimum absolute atomic E-state index is 0.110. The molecule has 0 radical (unpaired) electrons. The molecule has 7 nitrogen and oxygen atoms in total. The van der Waals surface area contributed by atoms with Crippen molar-refractivity contribution in [3.63, 3.8) is 0 Å². The van der Waals surface area contributed by atoms with E-state index < -0.39 is 5.97 Å². The molecule has 0 saturated heterocycles. The van der Waals surface area contributed by atoms with Gasteiger partial charge in [-0.05, 0) is 72.9 Å². The van der Waals surface area contributed by atoms with Crippen LogP contribution >= 0.6 is 0 Å². The average molecular weight is 519 g/mol. The first-order valence-corrected chi connectivity index (χ1v) is 13.2. The van der Waals surface area contributed by atoms with Crippen molar-refractivity contribution >= 4 is 5.97 Å². The van der Waals surface area contributed by atoms with Gasteiger partial charge in [0.1, 0.15) is 36.2 Å². The number of hydrogen-bond donors (Lipinski definition) is 1. The minimum atomic E-state index is -0.784. The summed E-state index contributed by atoms with van der Waals surface area (Å²) in [5.41, 5.74) is 6.70. The van der Waals surface area contributed by atoms with Crippen LogP contribution in [0, 0.1) is 6.92 Å². The number of aliphatic carboxylic acids is 1. The Hall–Kier alpha value is -3.71. The lowest BCUT2D eigenvalue weighted by molar-refractivity contribution is -0.137. The molecule has 0 saturated carbocycles. The molecule has 0 unspecified atom stereocenters. The van der Waals surface area contributed by atoms with Gasteiger partial charge in [-0.3, -0.25) is 4.79 Å². The lowest BCUT2D eigenvalue weighted by Crippen LogP contribution is -2.07. The maximum Gasteiger partial charge on any atom is 0.303 e. The molecule has 0 aromatic heterocycles. The van der Waals surface area contributed by atoms with Gasteiger partial charge in [-0.2, -0.15) is 0 Å². The third-order valence-corrected chi connectivity index (χ3v) is 7.01. The molecule has 2 aliphatic heterocycles. The van der Waals surface area contributed by atoms with Gasteiger partial charge in [0, 0.05) is 42.6 Å². The smallest absolute Gasteiger partial charge is 0.303 e. The minimum Gasteiger partial charge on any atom is -0.493 e. The molecule has 0 fully saturated rings. The third-order valence-electron chi connectivity index (χ3n) is 7.01. The van der Waals surface area contributed by atoms with Crippen LogP contribution in [-0.4, -0.2) is 44.1 Å². The monoisotopic (exact) mass is 518 g/mol. The van der Waals surface area contributed by atoms with E-state index in [-0.39, 0.29) is 12.3 Å². The van der Waals surface area contributed by atoms with Crippen LogP contribution in [-0.2, 0) is 22.6 Å². The van der Waals surface area contributed by atoms with Crippen molar-refractivity contribution in [2.75, 3.05) is 33.0 Å². The van der Waals surface area contributed by atoms with E-state index in [0.717, 1.165) is 51.7 Å². The number of carboxylic acids is 1. The highest BCUT2D eigenvalue weighted by atomic mass is 16.5. The molecule has 0 amide bonds. The molecular weight excluding hydrogens is 484 g/mol. The molecule has 5 rings (SSSR count). The highest BCUT2D eigenvalue weighted by Gasteiger charge is 2.25. The average Bonchev–Trinajstić information content (AvgIpc) is 3.21. The Morgan fingerprint density at radius 2 is 1.89 bits per heavy atom. The summed E-state index contributed by atoms with van der Waals surface area (Å²) in [5.74, 6) is 2.55. The van der Waals surface area contributed by atoms with Crippen molar-refractivity contribution in [1.29, 1.82) is 0 Å². The van der Waals surface area contributed by atoms with E-state index >= 15 is 0 Å². The van der Waals surface area contributed by atoms with Crippen LogP contribution in [0.15, 0.2) is 48.5 Å². The highest BCUT2D eigenvalue weighted by molar-refractivity contribution is 5.78. The maximum absolute atomic E-state index is 10.9. The quantitative estimate of drug-likeness (QED) is 0.315. The molecule has 1 atom stereocenters. The molecule has 7 heteroatoms. The van der Waals surface area contributed by atoms with Gasteiger partial charge in [-0.15, -0.1) is 0 Å². The first kappa shape index (κ1) is 25.9. The molecule has 0 spiro atoms. The summed E-state index contributed by atoms with van der Waals surface area (Å²) in [7, 11) is 0. The van der Waals surface area contributed by atoms with Crippen molar-refractivity contribution in [1.82, 2.24) is 0 Å². The predicted molar refractivity (Wildman–Crippen MR) is 144 cm³/mol. The number of benzene rings is 3. The number of carboxylic acid groups (broad SMARTS) is 1. The van der Waals surface area contributed by atoms with E-state index in [2.05, 4.69) is 25.1 Å². The van der Waals surface area contributed by atoms with Crippen LogP contribution in [0.3, 0.4) is 0 Å². The zero-order valence-corrected chi connectivity index (χ0v) is 22.0. The Labute approximate surface area is 223 Å². The van der Waals surface area contributed by atoms with Gasteiger partial charge < -0.3 is 28.8 Å². The maximum atomic E-state index is 10.9. The van der Waals surface area contributed by atoms with Gasteiger partial charge in [0.2, 0.25) is 0 Å². The number of carbonyl (C=O) groups is 1. The highest BCUT2D eigenvalue weighted by Crippen LogP contribution is 2.41. The lowest BCUT2D eigenvalue weighted by atomic mass is 9.92. The number of ether oxygens (including phenoxy) is 5. The van der Waals surface area contributed by atoms with Crippen LogP contribution in [0.5, 0.6) is 23.0 Å². The van der Waals surface area contributed by atoms with Crippen LogP contribution in [0.25, 0.3) is 11.1 Å². The summed E-state index contributed by atoms with van der Waals surface area (Å²) in [5, 5.41) is 8.98. The molecular formula is C31H34O7. The second kappa shape index (κ2) is 11.8. The summed E-state index contributed by atoms with van der Waals surface area (Å²) < 4.78 is 29.4. The molecule has 2 aliphatic rings. The van der Waals surface area contributed by atoms with E-state index in [1.807, 2.05) is 37.3 Å². The molecule has 0 aliphatic carbocycles. The van der Waals surface area contributed by atoms with Gasteiger partial charge in [0.25, 0.3) is 0 Å². The van der Waals surface area contributed by atoms with E-state index in [1.54, 1.807) is 0 Å². The SMILES string of the molecule is CCOCCOc1cc(C)c2c(c1)CCOc1ccc(COc3ccc4c(c3)OC[C@H]4CCC(=O)O)cc1-2. The molecule has 1 N–H and O–H groups in total.